The second-order valence-corrected chi connectivity index (χ2v) is 7.12. The molecule has 0 aliphatic heterocycles. The molecule has 0 bridgehead atoms. The van der Waals surface area contributed by atoms with Crippen molar-refractivity contribution < 1.29 is 0 Å². The SMILES string of the molecule is Cc1cc(-c2c(C#N)c(N)nc3c2C[C@@H](N)CC3)c(C)n1-c1cccnc1. The smallest absolute Gasteiger partial charge is 0.142 e. The Labute approximate surface area is 158 Å². The van der Waals surface area contributed by atoms with Gasteiger partial charge in [0.15, 0.2) is 0 Å². The molecule has 0 radical (unpaired) electrons. The van der Waals surface area contributed by atoms with Crippen LogP contribution in [0.1, 0.15) is 34.6 Å². The summed E-state index contributed by atoms with van der Waals surface area (Å²) >= 11 is 0. The third-order valence-corrected chi connectivity index (χ3v) is 5.35. The molecule has 136 valence electrons. The van der Waals surface area contributed by atoms with Gasteiger partial charge in [0.25, 0.3) is 0 Å². The molecule has 0 spiro atoms. The molecular formula is C21H22N6. The fourth-order valence-corrected chi connectivity index (χ4v) is 4.11. The van der Waals surface area contributed by atoms with Crippen molar-refractivity contribution in [1.29, 1.82) is 5.26 Å². The van der Waals surface area contributed by atoms with Gasteiger partial charge in [-0.25, -0.2) is 4.98 Å². The standard InChI is InChI=1S/C21H22N6/c1-12-8-16(13(2)27(12)15-4-3-7-25-11-15)20-17-9-14(23)5-6-19(17)26-21(24)18(20)10-22/h3-4,7-8,11,14H,5-6,9,23H2,1-2H3,(H2,24,26)/t14-/m0/s1. The Balaban J connectivity index is 2.00. The van der Waals surface area contributed by atoms with Crippen molar-refractivity contribution in [3.05, 3.63) is 58.8 Å². The molecule has 27 heavy (non-hydrogen) atoms. The highest BCUT2D eigenvalue weighted by molar-refractivity contribution is 5.81. The number of aryl methyl sites for hydroxylation is 2. The van der Waals surface area contributed by atoms with Gasteiger partial charge in [0, 0.05) is 40.4 Å². The quantitative estimate of drug-likeness (QED) is 0.732. The molecular weight excluding hydrogens is 336 g/mol. The average molecular weight is 358 g/mol. The predicted octanol–water partition coefficient (Wildman–Crippen LogP) is 2.82. The van der Waals surface area contributed by atoms with E-state index in [0.29, 0.717) is 17.8 Å². The number of hydrogen-bond acceptors (Lipinski definition) is 5. The van der Waals surface area contributed by atoms with E-state index in [1.54, 1.807) is 6.20 Å². The molecule has 4 N–H and O–H groups in total. The van der Waals surface area contributed by atoms with Crippen LogP contribution in [0.2, 0.25) is 0 Å². The van der Waals surface area contributed by atoms with Crippen LogP contribution in [0.3, 0.4) is 0 Å². The minimum Gasteiger partial charge on any atom is -0.383 e. The van der Waals surface area contributed by atoms with Crippen LogP contribution < -0.4 is 11.5 Å². The Hall–Kier alpha value is -3.17. The fraction of sp³-hybridized carbons (Fsp3) is 0.286. The summed E-state index contributed by atoms with van der Waals surface area (Å²) in [6, 6.07) is 8.40. The van der Waals surface area contributed by atoms with E-state index in [-0.39, 0.29) is 6.04 Å². The highest BCUT2D eigenvalue weighted by atomic mass is 15.0. The molecule has 3 aromatic rings. The van der Waals surface area contributed by atoms with Gasteiger partial charge in [-0.15, -0.1) is 0 Å². The lowest BCUT2D eigenvalue weighted by atomic mass is 9.84. The molecule has 4 rings (SSSR count). The number of anilines is 1. The van der Waals surface area contributed by atoms with Crippen molar-refractivity contribution in [3.63, 3.8) is 0 Å². The summed E-state index contributed by atoms with van der Waals surface area (Å²) in [7, 11) is 0. The number of nitrogens with zero attached hydrogens (tertiary/aromatic N) is 4. The molecule has 6 nitrogen and oxygen atoms in total. The monoisotopic (exact) mass is 358 g/mol. The molecule has 1 aliphatic rings. The summed E-state index contributed by atoms with van der Waals surface area (Å²) in [6.07, 6.45) is 5.98. The number of aromatic nitrogens is 3. The van der Waals surface area contributed by atoms with E-state index in [9.17, 15) is 5.26 Å². The molecule has 0 amide bonds. The van der Waals surface area contributed by atoms with Crippen molar-refractivity contribution in [2.75, 3.05) is 5.73 Å². The van der Waals surface area contributed by atoms with Crippen molar-refractivity contribution in [1.82, 2.24) is 14.5 Å². The van der Waals surface area contributed by atoms with Gasteiger partial charge in [-0.2, -0.15) is 5.26 Å². The Morgan fingerprint density at radius 1 is 1.33 bits per heavy atom. The number of hydrogen-bond donors (Lipinski definition) is 2. The van der Waals surface area contributed by atoms with E-state index in [1.807, 2.05) is 18.3 Å². The summed E-state index contributed by atoms with van der Waals surface area (Å²) in [5.41, 5.74) is 19.9. The van der Waals surface area contributed by atoms with E-state index >= 15 is 0 Å². The van der Waals surface area contributed by atoms with Crippen LogP contribution in [0.25, 0.3) is 16.8 Å². The topological polar surface area (TPSA) is 107 Å². The number of nitrogen functional groups attached to an aromatic ring is 1. The lowest BCUT2D eigenvalue weighted by Gasteiger charge is -2.25. The van der Waals surface area contributed by atoms with Gasteiger partial charge in [-0.3, -0.25) is 4.98 Å². The van der Waals surface area contributed by atoms with E-state index in [0.717, 1.165) is 52.3 Å². The van der Waals surface area contributed by atoms with Gasteiger partial charge in [-0.05, 0) is 56.9 Å². The Morgan fingerprint density at radius 3 is 2.85 bits per heavy atom. The zero-order valence-electron chi connectivity index (χ0n) is 15.5. The predicted molar refractivity (Wildman–Crippen MR) is 105 cm³/mol. The van der Waals surface area contributed by atoms with Gasteiger partial charge >= 0.3 is 0 Å². The number of pyridine rings is 2. The highest BCUT2D eigenvalue weighted by Crippen LogP contribution is 2.39. The largest absolute Gasteiger partial charge is 0.383 e. The van der Waals surface area contributed by atoms with Crippen LogP contribution in [0.15, 0.2) is 30.6 Å². The van der Waals surface area contributed by atoms with Crippen molar-refractivity contribution in [2.45, 2.75) is 39.2 Å². The molecule has 1 aliphatic carbocycles. The summed E-state index contributed by atoms with van der Waals surface area (Å²) in [4.78, 5) is 8.74. The highest BCUT2D eigenvalue weighted by Gasteiger charge is 2.27. The molecule has 3 heterocycles. The Morgan fingerprint density at radius 2 is 2.15 bits per heavy atom. The lowest BCUT2D eigenvalue weighted by Crippen LogP contribution is -2.29. The Kier molecular flexibility index (Phi) is 4.17. The first kappa shape index (κ1) is 17.3. The van der Waals surface area contributed by atoms with Crippen molar-refractivity contribution in [2.24, 2.45) is 5.73 Å². The van der Waals surface area contributed by atoms with E-state index in [2.05, 4.69) is 40.5 Å². The van der Waals surface area contributed by atoms with E-state index in [1.165, 1.54) is 0 Å². The molecule has 1 atom stereocenters. The summed E-state index contributed by atoms with van der Waals surface area (Å²) in [6.45, 7) is 4.11. The van der Waals surface area contributed by atoms with Crippen LogP contribution in [0, 0.1) is 25.2 Å². The number of nitriles is 1. The van der Waals surface area contributed by atoms with Crippen LogP contribution in [0.5, 0.6) is 0 Å². The maximum absolute atomic E-state index is 9.79. The normalized spacial score (nSPS) is 16.0. The van der Waals surface area contributed by atoms with Crippen LogP contribution >= 0.6 is 0 Å². The maximum atomic E-state index is 9.79. The van der Waals surface area contributed by atoms with Crippen LogP contribution in [-0.4, -0.2) is 20.6 Å². The zero-order valence-corrected chi connectivity index (χ0v) is 15.5. The molecule has 0 unspecified atom stereocenters. The summed E-state index contributed by atoms with van der Waals surface area (Å²) < 4.78 is 2.15. The minimum absolute atomic E-state index is 0.0787. The fourth-order valence-electron chi connectivity index (χ4n) is 4.11. The molecule has 0 aromatic carbocycles. The van der Waals surface area contributed by atoms with Gasteiger partial charge in [0.2, 0.25) is 0 Å². The van der Waals surface area contributed by atoms with Gasteiger partial charge < -0.3 is 16.0 Å². The molecule has 0 fully saturated rings. The summed E-state index contributed by atoms with van der Waals surface area (Å²) in [5, 5.41) is 9.79. The second kappa shape index (κ2) is 6.53. The van der Waals surface area contributed by atoms with Crippen LogP contribution in [0.4, 0.5) is 5.82 Å². The maximum Gasteiger partial charge on any atom is 0.142 e. The van der Waals surface area contributed by atoms with Gasteiger partial charge in [0.05, 0.1) is 11.9 Å². The first-order valence-electron chi connectivity index (χ1n) is 9.08. The van der Waals surface area contributed by atoms with Crippen molar-refractivity contribution in [3.8, 4) is 22.9 Å². The van der Waals surface area contributed by atoms with E-state index < -0.39 is 0 Å². The third kappa shape index (κ3) is 2.77. The van der Waals surface area contributed by atoms with E-state index in [4.69, 9.17) is 11.5 Å². The average Bonchev–Trinajstić information content (AvgIpc) is 2.95. The van der Waals surface area contributed by atoms with Gasteiger partial charge in [0.1, 0.15) is 17.5 Å². The molecule has 6 heteroatoms. The third-order valence-electron chi connectivity index (χ3n) is 5.35. The minimum atomic E-state index is 0.0787. The van der Waals surface area contributed by atoms with Gasteiger partial charge in [-0.1, -0.05) is 0 Å². The van der Waals surface area contributed by atoms with Crippen LogP contribution in [-0.2, 0) is 12.8 Å². The number of fused-ring (bicyclic) bond motifs is 1. The number of rotatable bonds is 2. The number of nitrogens with two attached hydrogens (primary N) is 2. The first-order valence-corrected chi connectivity index (χ1v) is 9.08. The lowest BCUT2D eigenvalue weighted by molar-refractivity contribution is 0.568. The molecule has 0 saturated carbocycles. The second-order valence-electron chi connectivity index (χ2n) is 7.12. The first-order chi connectivity index (χ1) is 13.0. The molecule has 0 saturated heterocycles. The zero-order chi connectivity index (χ0) is 19.1. The summed E-state index contributed by atoms with van der Waals surface area (Å²) in [5.74, 6) is 0.299. The Bertz CT molecular complexity index is 1060. The molecule has 3 aromatic heterocycles. The van der Waals surface area contributed by atoms with Crippen molar-refractivity contribution >= 4 is 5.82 Å².